The summed E-state index contributed by atoms with van der Waals surface area (Å²) in [6.07, 6.45) is 0. The number of carboxylic acids is 2. The number of ether oxygens (including phenoxy) is 1. The van der Waals surface area contributed by atoms with Crippen LogP contribution in [0.15, 0.2) is 48.5 Å². The molecule has 8 heteroatoms. The first-order chi connectivity index (χ1) is 11.8. The highest BCUT2D eigenvalue weighted by Gasteiger charge is 2.08. The van der Waals surface area contributed by atoms with Gasteiger partial charge in [-0.15, -0.1) is 0 Å². The van der Waals surface area contributed by atoms with E-state index in [1.54, 1.807) is 0 Å². The normalized spacial score (nSPS) is 9.48. The Bertz CT molecular complexity index is 719. The number of carbonyl (C=O) groups is 3. The minimum Gasteiger partial charge on any atom is -0.508 e. The van der Waals surface area contributed by atoms with Crippen LogP contribution in [0.1, 0.15) is 31.1 Å². The van der Waals surface area contributed by atoms with Gasteiger partial charge in [-0.1, -0.05) is 0 Å². The quantitative estimate of drug-likeness (QED) is 0.597. The van der Waals surface area contributed by atoms with Crippen molar-refractivity contribution in [1.82, 2.24) is 0 Å². The van der Waals surface area contributed by atoms with Crippen LogP contribution in [0.25, 0.3) is 0 Å². The smallest absolute Gasteiger partial charge is 0.338 e. The third kappa shape index (κ3) is 6.71. The summed E-state index contributed by atoms with van der Waals surface area (Å²) in [6, 6.07) is 10.7. The molecule has 0 amide bonds. The maximum Gasteiger partial charge on any atom is 0.338 e. The van der Waals surface area contributed by atoms with Crippen molar-refractivity contribution in [2.24, 2.45) is 0 Å². The molecule has 0 spiro atoms. The number of carbonyl (C=O) groups excluding carboxylic acids is 1. The van der Waals surface area contributed by atoms with E-state index in [1.807, 2.05) is 0 Å². The van der Waals surface area contributed by atoms with Gasteiger partial charge < -0.3 is 25.2 Å². The molecule has 2 aromatic rings. The predicted molar refractivity (Wildman–Crippen MR) is 85.8 cm³/mol. The molecule has 0 saturated heterocycles. The zero-order valence-electron chi connectivity index (χ0n) is 13.0. The highest BCUT2D eigenvalue weighted by atomic mass is 16.5. The van der Waals surface area contributed by atoms with Crippen molar-refractivity contribution in [3.63, 3.8) is 0 Å². The molecular weight excluding hydrogens is 332 g/mol. The number of carboxylic acid groups (broad SMARTS) is 2. The van der Waals surface area contributed by atoms with E-state index >= 15 is 0 Å². The van der Waals surface area contributed by atoms with E-state index in [2.05, 4.69) is 4.74 Å². The van der Waals surface area contributed by atoms with Gasteiger partial charge in [0.1, 0.15) is 12.4 Å². The maximum atomic E-state index is 11.2. The third-order valence-corrected chi connectivity index (χ3v) is 2.81. The van der Waals surface area contributed by atoms with Gasteiger partial charge in [0.15, 0.2) is 0 Å². The Morgan fingerprint density at radius 2 is 1.16 bits per heavy atom. The summed E-state index contributed by atoms with van der Waals surface area (Å²) in [4.78, 5) is 31.9. The molecule has 0 aliphatic rings. The van der Waals surface area contributed by atoms with Crippen LogP contribution in [0.3, 0.4) is 0 Å². The molecule has 0 radical (unpaired) electrons. The molecule has 0 aliphatic heterocycles. The summed E-state index contributed by atoms with van der Waals surface area (Å²) in [5.41, 5.74) is 0.542. The lowest BCUT2D eigenvalue weighted by Crippen LogP contribution is -2.09. The van der Waals surface area contributed by atoms with Crippen LogP contribution >= 0.6 is 0 Å². The van der Waals surface area contributed by atoms with Gasteiger partial charge in [-0.3, -0.25) is 0 Å². The maximum absolute atomic E-state index is 11.2. The monoisotopic (exact) mass is 348 g/mol. The largest absolute Gasteiger partial charge is 0.508 e. The molecule has 0 heterocycles. The van der Waals surface area contributed by atoms with Crippen LogP contribution in [0.2, 0.25) is 0 Å². The average Bonchev–Trinajstić information content (AvgIpc) is 2.60. The summed E-state index contributed by atoms with van der Waals surface area (Å²) in [5.74, 6) is -2.55. The van der Waals surface area contributed by atoms with Gasteiger partial charge in [0.05, 0.1) is 23.3 Å². The van der Waals surface area contributed by atoms with E-state index in [4.69, 9.17) is 20.4 Å². The van der Waals surface area contributed by atoms with Crippen molar-refractivity contribution in [2.45, 2.75) is 0 Å². The number of phenolic OH excluding ortho intramolecular Hbond substituents is 1. The Labute approximate surface area is 142 Å². The molecule has 0 fully saturated rings. The second-order valence-electron chi connectivity index (χ2n) is 4.59. The fraction of sp³-hybridized carbons (Fsp3) is 0.118. The lowest BCUT2D eigenvalue weighted by atomic mass is 10.1. The number of aliphatic hydroxyl groups excluding tert-OH is 1. The van der Waals surface area contributed by atoms with Crippen molar-refractivity contribution < 1.29 is 39.5 Å². The molecule has 25 heavy (non-hydrogen) atoms. The van der Waals surface area contributed by atoms with E-state index in [1.165, 1.54) is 48.5 Å². The van der Waals surface area contributed by atoms with Crippen molar-refractivity contribution in [3.8, 4) is 5.75 Å². The number of aromatic carboxylic acids is 2. The first-order valence-electron chi connectivity index (χ1n) is 6.98. The number of aromatic hydroxyl groups is 1. The summed E-state index contributed by atoms with van der Waals surface area (Å²) in [6.45, 7) is -0.307. The average molecular weight is 348 g/mol. The lowest BCUT2D eigenvalue weighted by molar-refractivity contribution is 0.0433. The zero-order valence-corrected chi connectivity index (χ0v) is 13.0. The van der Waals surface area contributed by atoms with Crippen LogP contribution in [-0.2, 0) is 4.74 Å². The van der Waals surface area contributed by atoms with E-state index in [0.29, 0.717) is 0 Å². The highest BCUT2D eigenvalue weighted by Crippen LogP contribution is 2.09. The van der Waals surface area contributed by atoms with Gasteiger partial charge in [0, 0.05) is 0 Å². The molecule has 2 aromatic carbocycles. The van der Waals surface area contributed by atoms with Gasteiger partial charge in [0.25, 0.3) is 0 Å². The third-order valence-electron chi connectivity index (χ3n) is 2.81. The van der Waals surface area contributed by atoms with Gasteiger partial charge in [0.2, 0.25) is 0 Å². The molecule has 0 bridgehead atoms. The second-order valence-corrected chi connectivity index (χ2v) is 4.59. The van der Waals surface area contributed by atoms with E-state index in [9.17, 15) is 14.4 Å². The number of aliphatic hydroxyl groups is 1. The molecule has 0 saturated carbocycles. The first kappa shape index (κ1) is 19.7. The van der Waals surface area contributed by atoms with E-state index in [-0.39, 0.29) is 35.7 Å². The van der Waals surface area contributed by atoms with Crippen molar-refractivity contribution >= 4 is 17.9 Å². The molecule has 0 aromatic heterocycles. The fourth-order valence-corrected chi connectivity index (χ4v) is 1.57. The Morgan fingerprint density at radius 1 is 0.760 bits per heavy atom. The first-order valence-corrected chi connectivity index (χ1v) is 6.98. The van der Waals surface area contributed by atoms with Crippen molar-refractivity contribution in [3.05, 3.63) is 65.2 Å². The van der Waals surface area contributed by atoms with Crippen LogP contribution in [-0.4, -0.2) is 51.5 Å². The Kier molecular flexibility index (Phi) is 7.61. The topological polar surface area (TPSA) is 141 Å². The Hall–Kier alpha value is -3.39. The highest BCUT2D eigenvalue weighted by molar-refractivity contribution is 5.92. The summed E-state index contributed by atoms with van der Waals surface area (Å²) < 4.78 is 4.64. The summed E-state index contributed by atoms with van der Waals surface area (Å²) >= 11 is 0. The molecule has 4 N–H and O–H groups in total. The lowest BCUT2D eigenvalue weighted by Gasteiger charge is -2.02. The number of benzene rings is 2. The van der Waals surface area contributed by atoms with Gasteiger partial charge in [-0.05, 0) is 48.5 Å². The molecule has 0 atom stereocenters. The Balaban J connectivity index is 0.000000271. The van der Waals surface area contributed by atoms with Crippen LogP contribution in [0, 0.1) is 0 Å². The van der Waals surface area contributed by atoms with Gasteiger partial charge >= 0.3 is 17.9 Å². The van der Waals surface area contributed by atoms with Crippen molar-refractivity contribution in [1.29, 1.82) is 0 Å². The van der Waals surface area contributed by atoms with Crippen LogP contribution in [0.5, 0.6) is 5.75 Å². The fourth-order valence-electron chi connectivity index (χ4n) is 1.57. The molecule has 8 nitrogen and oxygen atoms in total. The standard InChI is InChI=1S/C10H10O5.C7H6O3/c11-5-6-15-10(14)8-3-1-7(2-4-8)9(12)13;8-6-3-1-5(2-4-6)7(9)10/h1-4,11H,5-6H2,(H,12,13);1-4,8H,(H,9,10). The number of rotatable bonds is 5. The SMILES string of the molecule is O=C(O)c1ccc(C(=O)OCCO)cc1.O=C(O)c1ccc(O)cc1. The van der Waals surface area contributed by atoms with E-state index < -0.39 is 17.9 Å². The number of phenols is 1. The number of hydrogen-bond acceptors (Lipinski definition) is 6. The zero-order chi connectivity index (χ0) is 18.8. The Morgan fingerprint density at radius 3 is 1.56 bits per heavy atom. The van der Waals surface area contributed by atoms with Crippen LogP contribution in [0.4, 0.5) is 0 Å². The minimum absolute atomic E-state index is 0.0699. The van der Waals surface area contributed by atoms with E-state index in [0.717, 1.165) is 0 Å². The van der Waals surface area contributed by atoms with Crippen molar-refractivity contribution in [2.75, 3.05) is 13.2 Å². The molecule has 2 rings (SSSR count). The molecule has 0 aliphatic carbocycles. The summed E-state index contributed by atoms with van der Waals surface area (Å²) in [7, 11) is 0. The predicted octanol–water partition coefficient (Wildman–Crippen LogP) is 1.62. The summed E-state index contributed by atoms with van der Waals surface area (Å²) in [5, 5.41) is 34.2. The number of hydrogen-bond donors (Lipinski definition) is 4. The molecular formula is C17H16O8. The minimum atomic E-state index is -1.05. The second kappa shape index (κ2) is 9.68. The molecule has 132 valence electrons. The molecule has 0 unspecified atom stereocenters. The van der Waals surface area contributed by atoms with Crippen LogP contribution < -0.4 is 0 Å². The number of esters is 1. The van der Waals surface area contributed by atoms with Gasteiger partial charge in [-0.2, -0.15) is 0 Å². The van der Waals surface area contributed by atoms with Gasteiger partial charge in [-0.25, -0.2) is 14.4 Å².